The third-order valence-electron chi connectivity index (χ3n) is 4.33. The fraction of sp³-hybridized carbons (Fsp3) is 0.263. The zero-order valence-electron chi connectivity index (χ0n) is 13.5. The highest BCUT2D eigenvalue weighted by molar-refractivity contribution is 6.36. The molecule has 1 heterocycles. The lowest BCUT2D eigenvalue weighted by atomic mass is 10.0. The van der Waals surface area contributed by atoms with Crippen molar-refractivity contribution in [3.8, 4) is 0 Å². The normalized spacial score (nSPS) is 16.7. The smallest absolute Gasteiger partial charge is 0.253 e. The molecule has 2 amide bonds. The highest BCUT2D eigenvalue weighted by Crippen LogP contribution is 2.31. The van der Waals surface area contributed by atoms with Crippen molar-refractivity contribution >= 4 is 35.0 Å². The van der Waals surface area contributed by atoms with E-state index in [1.807, 2.05) is 35.2 Å². The van der Waals surface area contributed by atoms with Crippen molar-refractivity contribution in [1.82, 2.24) is 10.2 Å². The van der Waals surface area contributed by atoms with E-state index in [4.69, 9.17) is 23.2 Å². The van der Waals surface area contributed by atoms with Gasteiger partial charge < -0.3 is 10.2 Å². The molecule has 6 heteroatoms. The van der Waals surface area contributed by atoms with Crippen LogP contribution in [0.2, 0.25) is 10.0 Å². The predicted molar refractivity (Wildman–Crippen MR) is 98.9 cm³/mol. The average molecular weight is 377 g/mol. The summed E-state index contributed by atoms with van der Waals surface area (Å²) >= 11 is 11.9. The first-order valence-corrected chi connectivity index (χ1v) is 8.89. The average Bonchev–Trinajstić information content (AvgIpc) is 3.10. The third-order valence-corrected chi connectivity index (χ3v) is 4.88. The van der Waals surface area contributed by atoms with Crippen molar-refractivity contribution < 1.29 is 9.59 Å². The minimum atomic E-state index is -0.384. The second-order valence-electron chi connectivity index (χ2n) is 5.96. The van der Waals surface area contributed by atoms with Crippen molar-refractivity contribution in [2.75, 3.05) is 13.1 Å². The van der Waals surface area contributed by atoms with Crippen LogP contribution in [0, 0.1) is 0 Å². The first-order chi connectivity index (χ1) is 12.1. The maximum absolute atomic E-state index is 12.6. The number of hydrogen-bond acceptors (Lipinski definition) is 2. The Hall–Kier alpha value is -2.04. The molecule has 1 N–H and O–H groups in total. The molecule has 0 radical (unpaired) electrons. The van der Waals surface area contributed by atoms with Crippen LogP contribution in [0.5, 0.6) is 0 Å². The van der Waals surface area contributed by atoms with E-state index in [9.17, 15) is 9.59 Å². The van der Waals surface area contributed by atoms with Crippen LogP contribution in [-0.4, -0.2) is 29.8 Å². The lowest BCUT2D eigenvalue weighted by molar-refractivity contribution is -0.131. The standard InChI is InChI=1S/C19H18Cl2N2O2/c20-14-8-9-15(16(21)11-14)19(25)22-12-18(24)23-10-4-7-17(23)13-5-2-1-3-6-13/h1-3,5-6,8-9,11,17H,4,7,10,12H2,(H,22,25). The van der Waals surface area contributed by atoms with Gasteiger partial charge >= 0.3 is 0 Å². The Morgan fingerprint density at radius 1 is 1.12 bits per heavy atom. The first-order valence-electron chi connectivity index (χ1n) is 8.14. The van der Waals surface area contributed by atoms with Crippen LogP contribution in [0.3, 0.4) is 0 Å². The molecule has 130 valence electrons. The molecule has 25 heavy (non-hydrogen) atoms. The highest BCUT2D eigenvalue weighted by Gasteiger charge is 2.29. The van der Waals surface area contributed by atoms with Gasteiger partial charge in [0.05, 0.1) is 23.2 Å². The second-order valence-corrected chi connectivity index (χ2v) is 6.81. The summed E-state index contributed by atoms with van der Waals surface area (Å²) in [6.07, 6.45) is 1.90. The fourth-order valence-corrected chi connectivity index (χ4v) is 3.61. The summed E-state index contributed by atoms with van der Waals surface area (Å²) < 4.78 is 0. The topological polar surface area (TPSA) is 49.4 Å². The summed E-state index contributed by atoms with van der Waals surface area (Å²) in [6.45, 7) is 0.650. The van der Waals surface area contributed by atoms with Crippen molar-refractivity contribution in [2.45, 2.75) is 18.9 Å². The zero-order valence-corrected chi connectivity index (χ0v) is 15.1. The van der Waals surface area contributed by atoms with Crippen molar-refractivity contribution in [3.05, 3.63) is 69.7 Å². The maximum Gasteiger partial charge on any atom is 0.253 e. The molecule has 2 aromatic carbocycles. The number of hydrogen-bond donors (Lipinski definition) is 1. The van der Waals surface area contributed by atoms with E-state index >= 15 is 0 Å². The van der Waals surface area contributed by atoms with E-state index < -0.39 is 0 Å². The lowest BCUT2D eigenvalue weighted by Crippen LogP contribution is -2.39. The molecule has 1 atom stereocenters. The number of rotatable bonds is 4. The number of benzene rings is 2. The molecule has 1 aliphatic rings. The Balaban J connectivity index is 1.63. The number of nitrogens with zero attached hydrogens (tertiary/aromatic N) is 1. The maximum atomic E-state index is 12.6. The summed E-state index contributed by atoms with van der Waals surface area (Å²) in [4.78, 5) is 26.6. The minimum absolute atomic E-state index is 0.0544. The van der Waals surface area contributed by atoms with Gasteiger partial charge in [0, 0.05) is 11.6 Å². The number of halogens is 2. The third kappa shape index (κ3) is 4.14. The second kappa shape index (κ2) is 7.89. The predicted octanol–water partition coefficient (Wildman–Crippen LogP) is 4.09. The molecule has 0 spiro atoms. The molecule has 1 unspecified atom stereocenters. The van der Waals surface area contributed by atoms with E-state index in [1.165, 1.54) is 6.07 Å². The van der Waals surface area contributed by atoms with E-state index in [0.29, 0.717) is 17.1 Å². The van der Waals surface area contributed by atoms with Crippen molar-refractivity contribution in [3.63, 3.8) is 0 Å². The molecule has 0 aliphatic carbocycles. The molecule has 3 rings (SSSR count). The molecular formula is C19H18Cl2N2O2. The molecule has 1 fully saturated rings. The van der Waals surface area contributed by atoms with Gasteiger partial charge in [0.2, 0.25) is 5.91 Å². The van der Waals surface area contributed by atoms with Gasteiger partial charge in [-0.15, -0.1) is 0 Å². The van der Waals surface area contributed by atoms with Gasteiger partial charge in [-0.1, -0.05) is 53.5 Å². The summed E-state index contributed by atoms with van der Waals surface area (Å²) in [5, 5.41) is 3.37. The number of nitrogens with one attached hydrogen (secondary N) is 1. The number of carbonyl (C=O) groups is 2. The van der Waals surface area contributed by atoms with E-state index in [-0.39, 0.29) is 29.4 Å². The number of amides is 2. The summed E-state index contributed by atoms with van der Waals surface area (Å²) in [6, 6.07) is 14.7. The van der Waals surface area contributed by atoms with Gasteiger partial charge in [0.1, 0.15) is 0 Å². The highest BCUT2D eigenvalue weighted by atomic mass is 35.5. The first kappa shape index (κ1) is 17.8. The van der Waals surface area contributed by atoms with Gasteiger partial charge in [-0.3, -0.25) is 9.59 Å². The van der Waals surface area contributed by atoms with Gasteiger partial charge in [-0.05, 0) is 36.6 Å². The molecule has 4 nitrogen and oxygen atoms in total. The van der Waals surface area contributed by atoms with Gasteiger partial charge in [-0.25, -0.2) is 0 Å². The van der Waals surface area contributed by atoms with E-state index in [1.54, 1.807) is 12.1 Å². The monoisotopic (exact) mass is 376 g/mol. The minimum Gasteiger partial charge on any atom is -0.343 e. The fourth-order valence-electron chi connectivity index (χ4n) is 3.11. The van der Waals surface area contributed by atoms with Crippen LogP contribution >= 0.6 is 23.2 Å². The zero-order chi connectivity index (χ0) is 17.8. The number of likely N-dealkylation sites (tertiary alicyclic amines) is 1. The summed E-state index contributed by atoms with van der Waals surface area (Å²) in [5.41, 5.74) is 1.43. The van der Waals surface area contributed by atoms with Crippen LogP contribution in [0.1, 0.15) is 34.8 Å². The molecular weight excluding hydrogens is 359 g/mol. The van der Waals surface area contributed by atoms with E-state index in [0.717, 1.165) is 18.4 Å². The van der Waals surface area contributed by atoms with Crippen LogP contribution < -0.4 is 5.32 Å². The number of carbonyl (C=O) groups excluding carboxylic acids is 2. The Labute approximate surface area is 156 Å². The SMILES string of the molecule is O=C(NCC(=O)N1CCCC1c1ccccc1)c1ccc(Cl)cc1Cl. The van der Waals surface area contributed by atoms with Gasteiger partial charge in [0.25, 0.3) is 5.91 Å². The summed E-state index contributed by atoms with van der Waals surface area (Å²) in [5.74, 6) is -0.477. The van der Waals surface area contributed by atoms with Crippen LogP contribution in [0.15, 0.2) is 48.5 Å². The van der Waals surface area contributed by atoms with Crippen molar-refractivity contribution in [1.29, 1.82) is 0 Å². The van der Waals surface area contributed by atoms with Crippen molar-refractivity contribution in [2.24, 2.45) is 0 Å². The molecule has 0 saturated carbocycles. The molecule has 2 aromatic rings. The lowest BCUT2D eigenvalue weighted by Gasteiger charge is -2.25. The molecule has 0 aromatic heterocycles. The van der Waals surface area contributed by atoms with Crippen LogP contribution in [0.4, 0.5) is 0 Å². The van der Waals surface area contributed by atoms with Gasteiger partial charge in [-0.2, -0.15) is 0 Å². The molecule has 1 aliphatic heterocycles. The summed E-state index contributed by atoms with van der Waals surface area (Å²) in [7, 11) is 0. The molecule has 1 saturated heterocycles. The van der Waals surface area contributed by atoms with Crippen LogP contribution in [-0.2, 0) is 4.79 Å². The Bertz CT molecular complexity index is 780. The Morgan fingerprint density at radius 3 is 2.60 bits per heavy atom. The molecule has 0 bridgehead atoms. The quantitative estimate of drug-likeness (QED) is 0.873. The Kier molecular flexibility index (Phi) is 5.61. The van der Waals surface area contributed by atoms with Gasteiger partial charge in [0.15, 0.2) is 0 Å². The Morgan fingerprint density at radius 2 is 1.88 bits per heavy atom. The van der Waals surface area contributed by atoms with E-state index in [2.05, 4.69) is 5.32 Å². The largest absolute Gasteiger partial charge is 0.343 e. The van der Waals surface area contributed by atoms with Crippen LogP contribution in [0.25, 0.3) is 0 Å².